The smallest absolute Gasteiger partial charge is 0.123 e. The van der Waals surface area contributed by atoms with E-state index in [4.69, 9.17) is 0 Å². The van der Waals surface area contributed by atoms with Crippen LogP contribution in [0, 0.1) is 11.6 Å². The van der Waals surface area contributed by atoms with Crippen LogP contribution in [0.1, 0.15) is 12.6 Å². The van der Waals surface area contributed by atoms with Gasteiger partial charge in [-0.15, -0.1) is 0 Å². The number of halogens is 2. The third-order valence-electron chi connectivity index (χ3n) is 3.55. The molecule has 3 aromatic rings. The van der Waals surface area contributed by atoms with Gasteiger partial charge in [0.05, 0.1) is 5.69 Å². The molecule has 0 saturated carbocycles. The van der Waals surface area contributed by atoms with Crippen molar-refractivity contribution in [2.45, 2.75) is 13.3 Å². The van der Waals surface area contributed by atoms with Crippen molar-refractivity contribution in [3.63, 3.8) is 0 Å². The molecule has 0 bridgehead atoms. The number of hydrogen-bond acceptors (Lipinski definition) is 0. The summed E-state index contributed by atoms with van der Waals surface area (Å²) in [6.45, 7) is 2.07. The topological polar surface area (TPSA) is 4.93 Å². The van der Waals surface area contributed by atoms with Gasteiger partial charge in [0.25, 0.3) is 0 Å². The van der Waals surface area contributed by atoms with Crippen molar-refractivity contribution in [3.05, 3.63) is 78.0 Å². The molecule has 0 radical (unpaired) electrons. The summed E-state index contributed by atoms with van der Waals surface area (Å²) in [5, 5.41) is 0. The Kier molecular flexibility index (Phi) is 3.57. The zero-order valence-electron chi connectivity index (χ0n) is 11.7. The second-order valence-corrected chi connectivity index (χ2v) is 4.88. The van der Waals surface area contributed by atoms with Crippen LogP contribution in [0.4, 0.5) is 8.78 Å². The van der Waals surface area contributed by atoms with E-state index >= 15 is 0 Å². The van der Waals surface area contributed by atoms with Gasteiger partial charge in [0, 0.05) is 11.4 Å². The van der Waals surface area contributed by atoms with Crippen molar-refractivity contribution in [1.29, 1.82) is 0 Å². The summed E-state index contributed by atoms with van der Waals surface area (Å²) in [7, 11) is 0. The van der Waals surface area contributed by atoms with Crippen LogP contribution in [0.15, 0.2) is 60.7 Å². The van der Waals surface area contributed by atoms with E-state index in [1.165, 1.54) is 24.3 Å². The van der Waals surface area contributed by atoms with Crippen molar-refractivity contribution < 1.29 is 8.78 Å². The first-order valence-electron chi connectivity index (χ1n) is 6.91. The van der Waals surface area contributed by atoms with Crippen molar-refractivity contribution in [2.75, 3.05) is 0 Å². The van der Waals surface area contributed by atoms with E-state index < -0.39 is 0 Å². The molecule has 0 unspecified atom stereocenters. The first kappa shape index (κ1) is 13.6. The van der Waals surface area contributed by atoms with Crippen LogP contribution in [0.3, 0.4) is 0 Å². The van der Waals surface area contributed by atoms with Crippen LogP contribution in [0.25, 0.3) is 16.9 Å². The van der Waals surface area contributed by atoms with Crippen LogP contribution < -0.4 is 0 Å². The van der Waals surface area contributed by atoms with Crippen LogP contribution in [0.5, 0.6) is 0 Å². The van der Waals surface area contributed by atoms with Crippen LogP contribution in [0.2, 0.25) is 0 Å². The summed E-state index contributed by atoms with van der Waals surface area (Å²) >= 11 is 0. The predicted molar refractivity (Wildman–Crippen MR) is 80.5 cm³/mol. The minimum absolute atomic E-state index is 0.255. The lowest BCUT2D eigenvalue weighted by Crippen LogP contribution is -2.01. The molecule has 0 fully saturated rings. The van der Waals surface area contributed by atoms with Crippen LogP contribution in [-0.4, -0.2) is 4.57 Å². The Morgan fingerprint density at radius 1 is 0.762 bits per heavy atom. The highest BCUT2D eigenvalue weighted by molar-refractivity contribution is 5.64. The molecule has 0 aliphatic heterocycles. The molecular weight excluding hydrogens is 268 g/mol. The third-order valence-corrected chi connectivity index (χ3v) is 3.55. The average molecular weight is 283 g/mol. The molecule has 1 aromatic heterocycles. The van der Waals surface area contributed by atoms with Gasteiger partial charge in [-0.05, 0) is 72.6 Å². The molecule has 0 amide bonds. The number of aryl methyl sites for hydroxylation is 1. The van der Waals surface area contributed by atoms with Gasteiger partial charge < -0.3 is 4.57 Å². The van der Waals surface area contributed by atoms with Gasteiger partial charge in [0.2, 0.25) is 0 Å². The van der Waals surface area contributed by atoms with Crippen molar-refractivity contribution in [2.24, 2.45) is 0 Å². The fraction of sp³-hybridized carbons (Fsp3) is 0.111. The molecule has 3 rings (SSSR count). The van der Waals surface area contributed by atoms with Gasteiger partial charge in [0.1, 0.15) is 11.6 Å². The molecule has 0 N–H and O–H groups in total. The first-order valence-corrected chi connectivity index (χ1v) is 6.91. The van der Waals surface area contributed by atoms with E-state index in [-0.39, 0.29) is 11.6 Å². The van der Waals surface area contributed by atoms with E-state index in [1.807, 2.05) is 12.1 Å². The molecule has 1 heterocycles. The molecule has 3 heteroatoms. The Morgan fingerprint density at radius 2 is 1.33 bits per heavy atom. The normalized spacial score (nSPS) is 10.8. The van der Waals surface area contributed by atoms with E-state index in [2.05, 4.69) is 11.5 Å². The van der Waals surface area contributed by atoms with E-state index in [0.717, 1.165) is 29.1 Å². The zero-order valence-corrected chi connectivity index (χ0v) is 11.7. The zero-order chi connectivity index (χ0) is 14.8. The van der Waals surface area contributed by atoms with Gasteiger partial charge in [-0.2, -0.15) is 0 Å². The Balaban J connectivity index is 2.16. The highest BCUT2D eigenvalue weighted by Gasteiger charge is 2.11. The molecule has 0 spiro atoms. The fourth-order valence-electron chi connectivity index (χ4n) is 2.50. The maximum absolute atomic E-state index is 13.1. The largest absolute Gasteiger partial charge is 0.314 e. The molecule has 21 heavy (non-hydrogen) atoms. The number of aromatic nitrogens is 1. The van der Waals surface area contributed by atoms with E-state index in [9.17, 15) is 8.78 Å². The van der Waals surface area contributed by atoms with Gasteiger partial charge >= 0.3 is 0 Å². The Morgan fingerprint density at radius 3 is 1.90 bits per heavy atom. The Labute approximate surface area is 122 Å². The highest BCUT2D eigenvalue weighted by atomic mass is 19.1. The molecule has 0 atom stereocenters. The minimum Gasteiger partial charge on any atom is -0.314 e. The van der Waals surface area contributed by atoms with E-state index in [1.54, 1.807) is 24.3 Å². The fourth-order valence-corrected chi connectivity index (χ4v) is 2.50. The highest BCUT2D eigenvalue weighted by Crippen LogP contribution is 2.27. The van der Waals surface area contributed by atoms with Crippen molar-refractivity contribution >= 4 is 0 Å². The van der Waals surface area contributed by atoms with Crippen LogP contribution >= 0.6 is 0 Å². The lowest BCUT2D eigenvalue weighted by Gasteiger charge is -2.13. The van der Waals surface area contributed by atoms with Gasteiger partial charge in [-0.25, -0.2) is 8.78 Å². The lowest BCUT2D eigenvalue weighted by atomic mass is 10.1. The van der Waals surface area contributed by atoms with E-state index in [0.29, 0.717) is 0 Å². The average Bonchev–Trinajstić information content (AvgIpc) is 2.93. The number of hydrogen-bond donors (Lipinski definition) is 0. The number of nitrogens with zero attached hydrogens (tertiary/aromatic N) is 1. The van der Waals surface area contributed by atoms with Crippen LogP contribution in [-0.2, 0) is 6.42 Å². The number of benzene rings is 2. The summed E-state index contributed by atoms with van der Waals surface area (Å²) in [6.07, 6.45) is 0.860. The van der Waals surface area contributed by atoms with Crippen molar-refractivity contribution in [3.8, 4) is 16.9 Å². The second kappa shape index (κ2) is 5.52. The molecule has 1 nitrogen and oxygen atoms in total. The van der Waals surface area contributed by atoms with Gasteiger partial charge in [-0.1, -0.05) is 6.92 Å². The second-order valence-electron chi connectivity index (χ2n) is 4.88. The third kappa shape index (κ3) is 2.59. The standard InChI is InChI=1S/C18H15F2N/c1-2-16-11-12-18(13-3-5-14(19)6-4-13)21(16)17-9-7-15(20)8-10-17/h3-12H,2H2,1H3. The van der Waals surface area contributed by atoms with Crippen molar-refractivity contribution in [1.82, 2.24) is 4.57 Å². The summed E-state index contributed by atoms with van der Waals surface area (Å²) in [5.41, 5.74) is 3.93. The SMILES string of the molecule is CCc1ccc(-c2ccc(F)cc2)n1-c1ccc(F)cc1. The number of rotatable bonds is 3. The summed E-state index contributed by atoms with van der Waals surface area (Å²) in [5.74, 6) is -0.512. The maximum Gasteiger partial charge on any atom is 0.123 e. The molecule has 0 saturated heterocycles. The predicted octanol–water partition coefficient (Wildman–Crippen LogP) is 4.98. The summed E-state index contributed by atoms with van der Waals surface area (Å²) in [6, 6.07) is 16.9. The van der Waals surface area contributed by atoms with Gasteiger partial charge in [0.15, 0.2) is 0 Å². The molecular formula is C18H15F2N. The lowest BCUT2D eigenvalue weighted by molar-refractivity contribution is 0.627. The Hall–Kier alpha value is -2.42. The molecule has 106 valence electrons. The minimum atomic E-state index is -0.257. The Bertz CT molecular complexity index is 740. The maximum atomic E-state index is 13.1. The van der Waals surface area contributed by atoms with Gasteiger partial charge in [-0.3, -0.25) is 0 Å². The summed E-state index contributed by atoms with van der Waals surface area (Å²) in [4.78, 5) is 0. The molecule has 0 aliphatic rings. The molecule has 2 aromatic carbocycles. The monoisotopic (exact) mass is 283 g/mol. The summed E-state index contributed by atoms with van der Waals surface area (Å²) < 4.78 is 28.3. The molecule has 0 aliphatic carbocycles. The quantitative estimate of drug-likeness (QED) is 0.638. The first-order chi connectivity index (χ1) is 10.2.